The van der Waals surface area contributed by atoms with Crippen LogP contribution in [0.1, 0.15) is 18.1 Å². The highest BCUT2D eigenvalue weighted by Gasteiger charge is 2.37. The molecule has 4 amide bonds. The summed E-state index contributed by atoms with van der Waals surface area (Å²) in [4.78, 5) is 39.1. The number of nitrogens with zero attached hydrogens (tertiary/aromatic N) is 1. The predicted octanol–water partition coefficient (Wildman–Crippen LogP) is 5.64. The fraction of sp³-hybridized carbons (Fsp3) is 0.115. The maximum absolute atomic E-state index is 13.2. The molecule has 0 atom stereocenters. The molecule has 1 N–H and O–H groups in total. The van der Waals surface area contributed by atoms with E-state index in [-0.39, 0.29) is 17.9 Å². The zero-order valence-electron chi connectivity index (χ0n) is 18.6. The van der Waals surface area contributed by atoms with Crippen LogP contribution in [0.5, 0.6) is 11.5 Å². The van der Waals surface area contributed by atoms with E-state index in [0.717, 1.165) is 10.5 Å². The molecule has 0 aliphatic carbocycles. The molecule has 0 radical (unpaired) electrons. The molecule has 9 heteroatoms. The number of hydrogen-bond acceptors (Lipinski definition) is 5. The number of amides is 4. The Morgan fingerprint density at radius 2 is 1.69 bits per heavy atom. The number of carbonyl (C=O) groups is 3. The molecule has 1 heterocycles. The third-order valence-corrected chi connectivity index (χ3v) is 5.72. The summed E-state index contributed by atoms with van der Waals surface area (Å²) >= 11 is 12.2. The van der Waals surface area contributed by atoms with E-state index in [2.05, 4.69) is 5.32 Å². The number of ether oxygens (including phenoxy) is 2. The number of barbiturate groups is 1. The lowest BCUT2D eigenvalue weighted by Gasteiger charge is -2.26. The van der Waals surface area contributed by atoms with Crippen molar-refractivity contribution >= 4 is 52.8 Å². The second-order valence-corrected chi connectivity index (χ2v) is 8.29. The van der Waals surface area contributed by atoms with E-state index in [1.807, 2.05) is 25.1 Å². The summed E-state index contributed by atoms with van der Waals surface area (Å²) in [7, 11) is 0. The van der Waals surface area contributed by atoms with Crippen LogP contribution in [0.15, 0.2) is 72.3 Å². The average Bonchev–Trinajstić information content (AvgIpc) is 2.83. The van der Waals surface area contributed by atoms with Gasteiger partial charge >= 0.3 is 6.03 Å². The summed E-state index contributed by atoms with van der Waals surface area (Å²) < 4.78 is 11.3. The monoisotopic (exact) mass is 510 g/mol. The molecule has 178 valence electrons. The van der Waals surface area contributed by atoms with E-state index in [9.17, 15) is 14.4 Å². The van der Waals surface area contributed by atoms with Gasteiger partial charge in [-0.15, -0.1) is 0 Å². The number of imide groups is 2. The largest absolute Gasteiger partial charge is 0.493 e. The predicted molar refractivity (Wildman–Crippen MR) is 134 cm³/mol. The lowest BCUT2D eigenvalue weighted by atomic mass is 10.1. The first-order valence-electron chi connectivity index (χ1n) is 10.7. The molecule has 1 aliphatic heterocycles. The van der Waals surface area contributed by atoms with Crippen molar-refractivity contribution in [2.24, 2.45) is 0 Å². The van der Waals surface area contributed by atoms with E-state index < -0.39 is 17.8 Å². The average molecular weight is 511 g/mol. The van der Waals surface area contributed by atoms with Gasteiger partial charge in [-0.1, -0.05) is 41.4 Å². The molecule has 0 saturated carbocycles. The fourth-order valence-electron chi connectivity index (χ4n) is 3.43. The van der Waals surface area contributed by atoms with E-state index >= 15 is 0 Å². The Bertz CT molecular complexity index is 1320. The summed E-state index contributed by atoms with van der Waals surface area (Å²) in [5.41, 5.74) is 1.30. The number of hydrogen-bond donors (Lipinski definition) is 1. The minimum Gasteiger partial charge on any atom is -0.493 e. The SMILES string of the molecule is CCOc1ccc(Cl)cc1/C=C1\C(=O)NC(=O)N(c2ccc(OCc3ccccc3Cl)cc2)C1=O. The molecule has 0 aromatic heterocycles. The van der Waals surface area contributed by atoms with Gasteiger partial charge in [0.1, 0.15) is 23.7 Å². The van der Waals surface area contributed by atoms with E-state index in [1.165, 1.54) is 6.08 Å². The second kappa shape index (κ2) is 10.6. The molecule has 3 aromatic carbocycles. The van der Waals surface area contributed by atoms with Crippen LogP contribution >= 0.6 is 23.2 Å². The molecule has 1 saturated heterocycles. The van der Waals surface area contributed by atoms with Gasteiger partial charge in [0.05, 0.1) is 12.3 Å². The molecule has 0 bridgehead atoms. The van der Waals surface area contributed by atoms with Gasteiger partial charge in [0, 0.05) is 21.2 Å². The zero-order chi connectivity index (χ0) is 24.9. The van der Waals surface area contributed by atoms with Gasteiger partial charge in [-0.3, -0.25) is 14.9 Å². The normalized spacial score (nSPS) is 14.8. The maximum Gasteiger partial charge on any atom is 0.335 e. The summed E-state index contributed by atoms with van der Waals surface area (Å²) in [6.07, 6.45) is 1.36. The highest BCUT2D eigenvalue weighted by molar-refractivity contribution is 6.39. The van der Waals surface area contributed by atoms with Crippen molar-refractivity contribution in [3.05, 3.63) is 93.5 Å². The Hall–Kier alpha value is -3.81. The van der Waals surface area contributed by atoms with Crippen molar-refractivity contribution in [1.29, 1.82) is 0 Å². The van der Waals surface area contributed by atoms with Crippen molar-refractivity contribution in [3.63, 3.8) is 0 Å². The summed E-state index contributed by atoms with van der Waals surface area (Å²) in [6, 6.07) is 17.7. The number of anilines is 1. The Kier molecular flexibility index (Phi) is 7.39. The molecule has 1 aliphatic rings. The number of halogens is 2. The highest BCUT2D eigenvalue weighted by Crippen LogP contribution is 2.29. The molecular weight excluding hydrogens is 491 g/mol. The first kappa shape index (κ1) is 24.3. The van der Waals surface area contributed by atoms with Gasteiger partial charge in [0.2, 0.25) is 0 Å². The highest BCUT2D eigenvalue weighted by atomic mass is 35.5. The summed E-state index contributed by atoms with van der Waals surface area (Å²) in [6.45, 7) is 2.45. The molecule has 0 unspecified atom stereocenters. The Labute approximate surface area is 211 Å². The fourth-order valence-corrected chi connectivity index (χ4v) is 3.81. The Balaban J connectivity index is 1.57. The topological polar surface area (TPSA) is 84.9 Å². The number of benzene rings is 3. The lowest BCUT2D eigenvalue weighted by Crippen LogP contribution is -2.54. The van der Waals surface area contributed by atoms with Crippen molar-refractivity contribution in [3.8, 4) is 11.5 Å². The molecular formula is C26H20Cl2N2O5. The number of carbonyl (C=O) groups excluding carboxylic acids is 3. The van der Waals surface area contributed by atoms with Crippen LogP contribution in [0.3, 0.4) is 0 Å². The van der Waals surface area contributed by atoms with Crippen LogP contribution in [0.4, 0.5) is 10.5 Å². The van der Waals surface area contributed by atoms with Crippen molar-refractivity contribution < 1.29 is 23.9 Å². The van der Waals surface area contributed by atoms with Crippen molar-refractivity contribution in [2.75, 3.05) is 11.5 Å². The Morgan fingerprint density at radius 3 is 2.40 bits per heavy atom. The quantitative estimate of drug-likeness (QED) is 0.328. The third-order valence-electron chi connectivity index (χ3n) is 5.12. The van der Waals surface area contributed by atoms with Crippen LogP contribution in [-0.2, 0) is 16.2 Å². The number of nitrogens with one attached hydrogen (secondary N) is 1. The Morgan fingerprint density at radius 1 is 0.943 bits per heavy atom. The minimum absolute atomic E-state index is 0.230. The zero-order valence-corrected chi connectivity index (χ0v) is 20.1. The van der Waals surface area contributed by atoms with E-state index in [1.54, 1.807) is 48.5 Å². The number of rotatable bonds is 7. The molecule has 3 aromatic rings. The van der Waals surface area contributed by atoms with Crippen LogP contribution in [-0.4, -0.2) is 24.5 Å². The second-order valence-electron chi connectivity index (χ2n) is 7.45. The first-order valence-corrected chi connectivity index (χ1v) is 11.4. The maximum atomic E-state index is 13.2. The molecule has 4 rings (SSSR count). The van der Waals surface area contributed by atoms with Gasteiger partial charge in [-0.2, -0.15) is 0 Å². The van der Waals surface area contributed by atoms with E-state index in [4.69, 9.17) is 32.7 Å². The standard InChI is InChI=1S/C26H20Cl2N2O5/c1-2-34-23-12-7-18(27)13-17(23)14-21-24(31)29-26(33)30(25(21)32)19-8-10-20(11-9-19)35-15-16-5-3-4-6-22(16)28/h3-14H,2,15H2,1H3,(H,29,31,33)/b21-14+. The summed E-state index contributed by atoms with van der Waals surface area (Å²) in [5.74, 6) is -0.608. The molecule has 35 heavy (non-hydrogen) atoms. The van der Waals surface area contributed by atoms with Gasteiger partial charge in [-0.25, -0.2) is 9.69 Å². The van der Waals surface area contributed by atoms with Gasteiger partial charge in [0.25, 0.3) is 11.8 Å². The number of urea groups is 1. The van der Waals surface area contributed by atoms with Crippen LogP contribution in [0.2, 0.25) is 10.0 Å². The molecule has 0 spiro atoms. The molecule has 1 fully saturated rings. The van der Waals surface area contributed by atoms with Crippen LogP contribution < -0.4 is 19.7 Å². The van der Waals surface area contributed by atoms with Gasteiger partial charge < -0.3 is 9.47 Å². The van der Waals surface area contributed by atoms with Crippen LogP contribution in [0, 0.1) is 0 Å². The molecule has 7 nitrogen and oxygen atoms in total. The third kappa shape index (κ3) is 5.48. The van der Waals surface area contributed by atoms with Gasteiger partial charge in [-0.05, 0) is 61.5 Å². The van der Waals surface area contributed by atoms with E-state index in [0.29, 0.717) is 33.7 Å². The summed E-state index contributed by atoms with van der Waals surface area (Å²) in [5, 5.41) is 3.20. The van der Waals surface area contributed by atoms with Crippen molar-refractivity contribution in [1.82, 2.24) is 5.32 Å². The van der Waals surface area contributed by atoms with Crippen molar-refractivity contribution in [2.45, 2.75) is 13.5 Å². The van der Waals surface area contributed by atoms with Gasteiger partial charge in [0.15, 0.2) is 0 Å². The van der Waals surface area contributed by atoms with Crippen LogP contribution in [0.25, 0.3) is 6.08 Å². The minimum atomic E-state index is -0.849. The smallest absolute Gasteiger partial charge is 0.335 e. The first-order chi connectivity index (χ1) is 16.9. The lowest BCUT2D eigenvalue weighted by molar-refractivity contribution is -0.122.